The number of hydrogen-bond donors (Lipinski definition) is 3. The molecule has 4 N–H and O–H groups in total. The van der Waals surface area contributed by atoms with Crippen molar-refractivity contribution in [3.05, 3.63) is 23.8 Å². The predicted molar refractivity (Wildman–Crippen MR) is 63.3 cm³/mol. The quantitative estimate of drug-likeness (QED) is 0.673. The van der Waals surface area contributed by atoms with E-state index in [1.54, 1.807) is 12.1 Å². The van der Waals surface area contributed by atoms with Crippen LogP contribution in [-0.4, -0.2) is 10.2 Å². The maximum Gasteiger partial charge on any atom is 0.157 e. The van der Waals surface area contributed by atoms with Crippen LogP contribution in [0, 0.1) is 5.92 Å². The zero-order valence-electron chi connectivity index (χ0n) is 9.39. The third kappa shape index (κ3) is 2.30. The van der Waals surface area contributed by atoms with Crippen molar-refractivity contribution >= 4 is 0 Å². The first-order valence-corrected chi connectivity index (χ1v) is 5.96. The smallest absolute Gasteiger partial charge is 0.157 e. The van der Waals surface area contributed by atoms with Gasteiger partial charge in [0.25, 0.3) is 0 Å². The standard InChI is InChI=1S/C13H19NO2/c14-13(9-4-2-1-3-5-9)10-6-7-11(15)12(16)8-10/h6-9,13,15-16H,1-5,14H2/t13-/m1/s1. The first kappa shape index (κ1) is 11.3. The molecule has 1 fully saturated rings. The van der Waals surface area contributed by atoms with Crippen molar-refractivity contribution in [3.63, 3.8) is 0 Å². The molecule has 3 nitrogen and oxygen atoms in total. The zero-order chi connectivity index (χ0) is 11.5. The van der Waals surface area contributed by atoms with Crippen LogP contribution >= 0.6 is 0 Å². The van der Waals surface area contributed by atoms with Crippen molar-refractivity contribution in [3.8, 4) is 11.5 Å². The van der Waals surface area contributed by atoms with Gasteiger partial charge in [-0.2, -0.15) is 0 Å². The second-order valence-electron chi connectivity index (χ2n) is 4.67. The van der Waals surface area contributed by atoms with E-state index in [2.05, 4.69) is 0 Å². The molecular weight excluding hydrogens is 202 g/mol. The van der Waals surface area contributed by atoms with Gasteiger partial charge in [-0.3, -0.25) is 0 Å². The molecule has 1 atom stereocenters. The van der Waals surface area contributed by atoms with Gasteiger partial charge in [0.2, 0.25) is 0 Å². The number of hydrogen-bond acceptors (Lipinski definition) is 3. The average Bonchev–Trinajstić information content (AvgIpc) is 2.33. The van der Waals surface area contributed by atoms with E-state index >= 15 is 0 Å². The summed E-state index contributed by atoms with van der Waals surface area (Å²) in [6, 6.07) is 4.86. The van der Waals surface area contributed by atoms with Crippen molar-refractivity contribution in [1.82, 2.24) is 0 Å². The van der Waals surface area contributed by atoms with Crippen LogP contribution in [0.5, 0.6) is 11.5 Å². The molecule has 1 aliphatic carbocycles. The van der Waals surface area contributed by atoms with Crippen LogP contribution in [0.4, 0.5) is 0 Å². The zero-order valence-corrected chi connectivity index (χ0v) is 9.39. The summed E-state index contributed by atoms with van der Waals surface area (Å²) in [5.41, 5.74) is 7.11. The van der Waals surface area contributed by atoms with Crippen LogP contribution in [0.1, 0.15) is 43.7 Å². The number of nitrogens with two attached hydrogens (primary N) is 1. The minimum atomic E-state index is -0.0837. The maximum atomic E-state index is 9.44. The van der Waals surface area contributed by atoms with E-state index < -0.39 is 0 Å². The Kier molecular flexibility index (Phi) is 3.34. The summed E-state index contributed by atoms with van der Waals surface area (Å²) in [7, 11) is 0. The minimum absolute atomic E-state index is 0.0215. The highest BCUT2D eigenvalue weighted by Gasteiger charge is 2.22. The van der Waals surface area contributed by atoms with Gasteiger partial charge < -0.3 is 15.9 Å². The fourth-order valence-electron chi connectivity index (χ4n) is 2.51. The fraction of sp³-hybridized carbons (Fsp3) is 0.538. The van der Waals surface area contributed by atoms with Gasteiger partial charge in [-0.1, -0.05) is 25.3 Å². The van der Waals surface area contributed by atoms with Crippen LogP contribution in [0.2, 0.25) is 0 Å². The van der Waals surface area contributed by atoms with Crippen LogP contribution < -0.4 is 5.73 Å². The summed E-state index contributed by atoms with van der Waals surface area (Å²) in [6.07, 6.45) is 6.15. The molecule has 0 unspecified atom stereocenters. The molecule has 1 saturated carbocycles. The molecule has 3 heteroatoms. The lowest BCUT2D eigenvalue weighted by molar-refractivity contribution is 0.307. The Morgan fingerprint density at radius 1 is 1.06 bits per heavy atom. The van der Waals surface area contributed by atoms with Crippen LogP contribution in [0.15, 0.2) is 18.2 Å². The van der Waals surface area contributed by atoms with Gasteiger partial charge in [0.05, 0.1) is 0 Å². The highest BCUT2D eigenvalue weighted by Crippen LogP contribution is 2.35. The summed E-state index contributed by atoms with van der Waals surface area (Å²) in [5, 5.41) is 18.7. The van der Waals surface area contributed by atoms with Crippen LogP contribution in [-0.2, 0) is 0 Å². The third-order valence-corrected chi connectivity index (χ3v) is 3.54. The maximum absolute atomic E-state index is 9.44. The molecule has 1 aliphatic rings. The monoisotopic (exact) mass is 221 g/mol. The van der Waals surface area contributed by atoms with E-state index in [1.807, 2.05) is 0 Å². The molecule has 1 aromatic rings. The Morgan fingerprint density at radius 2 is 1.75 bits per heavy atom. The van der Waals surface area contributed by atoms with E-state index in [0.717, 1.165) is 5.56 Å². The number of phenolic OH excluding ortho intramolecular Hbond substituents is 2. The molecule has 0 heterocycles. The van der Waals surface area contributed by atoms with Crippen LogP contribution in [0.25, 0.3) is 0 Å². The predicted octanol–water partition coefficient (Wildman–Crippen LogP) is 2.68. The molecule has 0 amide bonds. The molecule has 88 valence electrons. The Morgan fingerprint density at radius 3 is 2.38 bits per heavy atom. The number of benzene rings is 1. The van der Waals surface area contributed by atoms with E-state index in [1.165, 1.54) is 38.2 Å². The second-order valence-corrected chi connectivity index (χ2v) is 4.67. The molecule has 1 aromatic carbocycles. The Bertz CT molecular complexity index is 359. The molecular formula is C13H19NO2. The van der Waals surface area contributed by atoms with E-state index in [9.17, 15) is 10.2 Å². The lowest BCUT2D eigenvalue weighted by atomic mass is 9.81. The molecule has 0 radical (unpaired) electrons. The summed E-state index contributed by atoms with van der Waals surface area (Å²) < 4.78 is 0. The third-order valence-electron chi connectivity index (χ3n) is 3.54. The van der Waals surface area contributed by atoms with Crippen molar-refractivity contribution < 1.29 is 10.2 Å². The Labute approximate surface area is 95.9 Å². The van der Waals surface area contributed by atoms with Gasteiger partial charge in [0, 0.05) is 6.04 Å². The van der Waals surface area contributed by atoms with Crippen molar-refractivity contribution in [2.45, 2.75) is 38.1 Å². The van der Waals surface area contributed by atoms with Crippen molar-refractivity contribution in [2.75, 3.05) is 0 Å². The lowest BCUT2D eigenvalue weighted by Crippen LogP contribution is -2.23. The van der Waals surface area contributed by atoms with Gasteiger partial charge in [-0.15, -0.1) is 0 Å². The molecule has 2 rings (SSSR count). The Hall–Kier alpha value is -1.22. The highest BCUT2D eigenvalue weighted by atomic mass is 16.3. The fourth-order valence-corrected chi connectivity index (χ4v) is 2.51. The SMILES string of the molecule is N[C@@H](c1ccc(O)c(O)c1)C1CCCCC1. The molecule has 16 heavy (non-hydrogen) atoms. The van der Waals surface area contributed by atoms with E-state index in [0.29, 0.717) is 5.92 Å². The summed E-state index contributed by atoms with van der Waals surface area (Å²) in [5.74, 6) is 0.348. The van der Waals surface area contributed by atoms with Gasteiger partial charge in [-0.25, -0.2) is 0 Å². The normalized spacial score (nSPS) is 19.6. The van der Waals surface area contributed by atoms with Crippen molar-refractivity contribution in [2.24, 2.45) is 11.7 Å². The number of phenols is 2. The van der Waals surface area contributed by atoms with Crippen molar-refractivity contribution in [1.29, 1.82) is 0 Å². The molecule has 0 aliphatic heterocycles. The first-order valence-electron chi connectivity index (χ1n) is 5.96. The second kappa shape index (κ2) is 4.74. The largest absolute Gasteiger partial charge is 0.504 e. The van der Waals surface area contributed by atoms with E-state index in [-0.39, 0.29) is 17.5 Å². The summed E-state index contributed by atoms with van der Waals surface area (Å²) >= 11 is 0. The minimum Gasteiger partial charge on any atom is -0.504 e. The number of aromatic hydroxyl groups is 2. The summed E-state index contributed by atoms with van der Waals surface area (Å²) in [6.45, 7) is 0. The van der Waals surface area contributed by atoms with E-state index in [4.69, 9.17) is 5.73 Å². The Balaban J connectivity index is 2.12. The molecule has 0 aromatic heterocycles. The average molecular weight is 221 g/mol. The molecule has 0 spiro atoms. The van der Waals surface area contributed by atoms with Crippen LogP contribution in [0.3, 0.4) is 0 Å². The van der Waals surface area contributed by atoms with Gasteiger partial charge in [0.15, 0.2) is 11.5 Å². The lowest BCUT2D eigenvalue weighted by Gasteiger charge is -2.27. The van der Waals surface area contributed by atoms with Gasteiger partial charge in [-0.05, 0) is 36.5 Å². The molecule has 0 saturated heterocycles. The summed E-state index contributed by atoms with van der Waals surface area (Å²) in [4.78, 5) is 0. The topological polar surface area (TPSA) is 66.5 Å². The van der Waals surface area contributed by atoms with Gasteiger partial charge >= 0.3 is 0 Å². The van der Waals surface area contributed by atoms with Gasteiger partial charge in [0.1, 0.15) is 0 Å². The first-order chi connectivity index (χ1) is 7.68. The number of rotatable bonds is 2. The molecule has 0 bridgehead atoms. The highest BCUT2D eigenvalue weighted by molar-refractivity contribution is 5.41.